The van der Waals surface area contributed by atoms with Crippen LogP contribution in [0.3, 0.4) is 0 Å². The molecule has 0 saturated heterocycles. The smallest absolute Gasteiger partial charge is 0.236 e. The molecule has 0 N–H and O–H groups in total. The number of aromatic nitrogens is 3. The summed E-state index contributed by atoms with van der Waals surface area (Å²) in [5, 5.41) is 8.91. The van der Waals surface area contributed by atoms with Gasteiger partial charge in [0.05, 0.1) is 11.5 Å². The number of nitrogens with zero attached hydrogens (tertiary/aromatic N) is 4. The van der Waals surface area contributed by atoms with E-state index in [4.69, 9.17) is 4.42 Å². The van der Waals surface area contributed by atoms with Crippen LogP contribution in [0.2, 0.25) is 0 Å². The SMILES string of the molecule is C=CCn1c(SC(C)C(=O)N(C(C)C)C(C)C)nnc1-c1ccco1. The highest BCUT2D eigenvalue weighted by molar-refractivity contribution is 8.00. The van der Waals surface area contributed by atoms with Gasteiger partial charge in [-0.1, -0.05) is 17.8 Å². The largest absolute Gasteiger partial charge is 0.461 e. The first kappa shape index (κ1) is 19.3. The fourth-order valence-corrected chi connectivity index (χ4v) is 3.70. The van der Waals surface area contributed by atoms with E-state index in [0.29, 0.717) is 23.3 Å². The lowest BCUT2D eigenvalue weighted by Gasteiger charge is -2.32. The van der Waals surface area contributed by atoms with E-state index in [1.807, 2.05) is 56.2 Å². The van der Waals surface area contributed by atoms with Crippen molar-refractivity contribution in [3.05, 3.63) is 31.1 Å². The molecule has 2 rings (SSSR count). The number of rotatable bonds is 8. The zero-order valence-corrected chi connectivity index (χ0v) is 16.3. The van der Waals surface area contributed by atoms with Crippen molar-refractivity contribution >= 4 is 17.7 Å². The van der Waals surface area contributed by atoms with Crippen molar-refractivity contribution < 1.29 is 9.21 Å². The molecule has 6 nitrogen and oxygen atoms in total. The molecule has 1 atom stereocenters. The molecule has 0 aromatic carbocycles. The van der Waals surface area contributed by atoms with Gasteiger partial charge in [-0.25, -0.2) is 0 Å². The lowest BCUT2D eigenvalue weighted by Crippen LogP contribution is -2.45. The average Bonchev–Trinajstić information content (AvgIpc) is 3.17. The van der Waals surface area contributed by atoms with E-state index in [9.17, 15) is 4.79 Å². The zero-order valence-electron chi connectivity index (χ0n) is 15.5. The van der Waals surface area contributed by atoms with Crippen LogP contribution in [-0.4, -0.2) is 42.9 Å². The quantitative estimate of drug-likeness (QED) is 0.527. The molecular formula is C18H26N4O2S. The molecule has 7 heteroatoms. The van der Waals surface area contributed by atoms with Gasteiger partial charge in [0.1, 0.15) is 0 Å². The number of furan rings is 1. The number of thioether (sulfide) groups is 1. The number of allylic oxidation sites excluding steroid dienone is 1. The number of hydrogen-bond donors (Lipinski definition) is 0. The number of amides is 1. The van der Waals surface area contributed by atoms with Crippen LogP contribution in [0, 0.1) is 0 Å². The van der Waals surface area contributed by atoms with E-state index in [1.54, 1.807) is 12.3 Å². The zero-order chi connectivity index (χ0) is 18.6. The highest BCUT2D eigenvalue weighted by atomic mass is 32.2. The molecule has 2 heterocycles. The second kappa shape index (κ2) is 8.38. The molecule has 0 spiro atoms. The maximum atomic E-state index is 12.8. The summed E-state index contributed by atoms with van der Waals surface area (Å²) < 4.78 is 7.34. The summed E-state index contributed by atoms with van der Waals surface area (Å²) >= 11 is 1.41. The van der Waals surface area contributed by atoms with Crippen molar-refractivity contribution in [2.45, 2.75) is 63.7 Å². The fourth-order valence-electron chi connectivity index (χ4n) is 2.78. The van der Waals surface area contributed by atoms with Crippen LogP contribution >= 0.6 is 11.8 Å². The lowest BCUT2D eigenvalue weighted by molar-refractivity contribution is -0.133. The molecular weight excluding hydrogens is 336 g/mol. The molecule has 0 fully saturated rings. The topological polar surface area (TPSA) is 64.2 Å². The summed E-state index contributed by atoms with van der Waals surface area (Å²) in [6, 6.07) is 3.96. The van der Waals surface area contributed by atoms with E-state index in [1.165, 1.54) is 11.8 Å². The van der Waals surface area contributed by atoms with Crippen molar-refractivity contribution in [1.29, 1.82) is 0 Å². The van der Waals surface area contributed by atoms with Gasteiger partial charge in [0.25, 0.3) is 0 Å². The molecule has 2 aromatic rings. The molecule has 136 valence electrons. The Morgan fingerprint density at radius 2 is 2.00 bits per heavy atom. The molecule has 0 bridgehead atoms. The molecule has 2 aromatic heterocycles. The van der Waals surface area contributed by atoms with Gasteiger partial charge >= 0.3 is 0 Å². The molecule has 25 heavy (non-hydrogen) atoms. The summed E-state index contributed by atoms with van der Waals surface area (Å²) in [6.07, 6.45) is 3.38. The van der Waals surface area contributed by atoms with Gasteiger partial charge in [0, 0.05) is 18.6 Å². The van der Waals surface area contributed by atoms with Crippen molar-refractivity contribution in [3.8, 4) is 11.6 Å². The second-order valence-electron chi connectivity index (χ2n) is 6.38. The van der Waals surface area contributed by atoms with Gasteiger partial charge in [0.15, 0.2) is 10.9 Å². The minimum absolute atomic E-state index is 0.0997. The number of carbonyl (C=O) groups excluding carboxylic acids is 1. The first-order valence-electron chi connectivity index (χ1n) is 8.43. The summed E-state index contributed by atoms with van der Waals surface area (Å²) in [5.41, 5.74) is 0. The van der Waals surface area contributed by atoms with E-state index in [-0.39, 0.29) is 23.2 Å². The van der Waals surface area contributed by atoms with E-state index >= 15 is 0 Å². The van der Waals surface area contributed by atoms with Gasteiger partial charge in [-0.05, 0) is 46.8 Å². The monoisotopic (exact) mass is 362 g/mol. The highest BCUT2D eigenvalue weighted by Crippen LogP contribution is 2.28. The Morgan fingerprint density at radius 3 is 2.52 bits per heavy atom. The van der Waals surface area contributed by atoms with Crippen LogP contribution in [0.5, 0.6) is 0 Å². The molecule has 0 radical (unpaired) electrons. The van der Waals surface area contributed by atoms with Crippen LogP contribution < -0.4 is 0 Å². The van der Waals surface area contributed by atoms with Crippen LogP contribution in [0.1, 0.15) is 34.6 Å². The van der Waals surface area contributed by atoms with Crippen LogP contribution in [0.15, 0.2) is 40.6 Å². The molecule has 1 unspecified atom stereocenters. The summed E-state index contributed by atoms with van der Waals surface area (Å²) in [5.74, 6) is 1.38. The Balaban J connectivity index is 2.24. The van der Waals surface area contributed by atoms with E-state index in [2.05, 4.69) is 16.8 Å². The van der Waals surface area contributed by atoms with Crippen molar-refractivity contribution in [3.63, 3.8) is 0 Å². The molecule has 1 amide bonds. The van der Waals surface area contributed by atoms with Crippen molar-refractivity contribution in [1.82, 2.24) is 19.7 Å². The van der Waals surface area contributed by atoms with Gasteiger partial charge in [-0.15, -0.1) is 16.8 Å². The van der Waals surface area contributed by atoms with E-state index < -0.39 is 0 Å². The second-order valence-corrected chi connectivity index (χ2v) is 7.68. The molecule has 0 aliphatic carbocycles. The average molecular weight is 362 g/mol. The third-order valence-corrected chi connectivity index (χ3v) is 4.84. The Kier molecular flexibility index (Phi) is 6.47. The molecule has 0 aliphatic rings. The lowest BCUT2D eigenvalue weighted by atomic mass is 10.2. The first-order chi connectivity index (χ1) is 11.9. The Bertz CT molecular complexity index is 699. The maximum absolute atomic E-state index is 12.8. The Morgan fingerprint density at radius 1 is 1.32 bits per heavy atom. The van der Waals surface area contributed by atoms with Gasteiger partial charge < -0.3 is 9.32 Å². The van der Waals surface area contributed by atoms with Gasteiger partial charge in [0.2, 0.25) is 11.7 Å². The molecule has 0 aliphatic heterocycles. The standard InChI is InChI=1S/C18H26N4O2S/c1-7-10-21-16(15-9-8-11-24-15)19-20-18(21)25-14(6)17(23)22(12(2)3)13(4)5/h7-9,11-14H,1,10H2,2-6H3. The Hall–Kier alpha value is -2.02. The summed E-state index contributed by atoms with van der Waals surface area (Å²) in [7, 11) is 0. The number of hydrogen-bond acceptors (Lipinski definition) is 5. The van der Waals surface area contributed by atoms with Gasteiger partial charge in [-0.2, -0.15) is 0 Å². The minimum atomic E-state index is -0.262. The third kappa shape index (κ3) is 4.34. The van der Waals surface area contributed by atoms with E-state index in [0.717, 1.165) is 0 Å². The third-order valence-electron chi connectivity index (χ3n) is 3.77. The highest BCUT2D eigenvalue weighted by Gasteiger charge is 2.28. The van der Waals surface area contributed by atoms with Gasteiger partial charge in [-0.3, -0.25) is 9.36 Å². The summed E-state index contributed by atoms with van der Waals surface area (Å²) in [6.45, 7) is 14.4. The first-order valence-corrected chi connectivity index (χ1v) is 9.31. The molecule has 0 saturated carbocycles. The van der Waals surface area contributed by atoms with Crippen LogP contribution in [0.25, 0.3) is 11.6 Å². The minimum Gasteiger partial charge on any atom is -0.461 e. The predicted molar refractivity (Wildman–Crippen MR) is 100 cm³/mol. The predicted octanol–water partition coefficient (Wildman–Crippen LogP) is 3.85. The normalized spacial score (nSPS) is 12.6. The fraction of sp³-hybridized carbons (Fsp3) is 0.500. The Labute approximate surface area is 153 Å². The number of carbonyl (C=O) groups is 1. The van der Waals surface area contributed by atoms with Crippen LogP contribution in [0.4, 0.5) is 0 Å². The maximum Gasteiger partial charge on any atom is 0.236 e. The van der Waals surface area contributed by atoms with Crippen LogP contribution in [-0.2, 0) is 11.3 Å². The summed E-state index contributed by atoms with van der Waals surface area (Å²) in [4.78, 5) is 14.7. The van der Waals surface area contributed by atoms with Crippen molar-refractivity contribution in [2.75, 3.05) is 0 Å². The van der Waals surface area contributed by atoms with Crippen molar-refractivity contribution in [2.24, 2.45) is 0 Å².